The van der Waals surface area contributed by atoms with Crippen molar-refractivity contribution in [2.24, 2.45) is 0 Å². The molecular weight excluding hydrogens is 184 g/mol. The first-order valence-corrected chi connectivity index (χ1v) is 4.88. The average Bonchev–Trinajstić information content (AvgIpc) is 2.44. The number of hydrogen-bond donors (Lipinski definition) is 1. The topological polar surface area (TPSA) is 89.0 Å². The van der Waals surface area contributed by atoms with Crippen LogP contribution in [0.15, 0.2) is 9.59 Å². The molecule has 0 spiro atoms. The lowest BCUT2D eigenvalue weighted by molar-refractivity contribution is 0.593. The number of imidazole rings is 1. The van der Waals surface area contributed by atoms with Crippen molar-refractivity contribution < 1.29 is 8.42 Å². The SMILES string of the molecule is CS(=O)(=O)n1c(=O)[nH]c2c(=O)c21. The van der Waals surface area contributed by atoms with E-state index in [4.69, 9.17) is 0 Å². The molecule has 1 aromatic carbocycles. The lowest BCUT2D eigenvalue weighted by Crippen LogP contribution is -2.25. The summed E-state index contributed by atoms with van der Waals surface area (Å²) in [6.07, 6.45) is 0.869. The minimum atomic E-state index is -3.65. The van der Waals surface area contributed by atoms with Crippen molar-refractivity contribution >= 4 is 21.1 Å². The van der Waals surface area contributed by atoms with E-state index in [9.17, 15) is 18.0 Å². The van der Waals surface area contributed by atoms with Gasteiger partial charge in [-0.3, -0.25) is 4.79 Å². The number of aromatic nitrogens is 2. The second-order valence-corrected chi connectivity index (χ2v) is 4.34. The quantitative estimate of drug-likeness (QED) is 0.582. The fourth-order valence-electron chi connectivity index (χ4n) is 1.05. The minimum absolute atomic E-state index is 0.0394. The Morgan fingerprint density at radius 3 is 2.25 bits per heavy atom. The van der Waals surface area contributed by atoms with Crippen LogP contribution in [0.3, 0.4) is 0 Å². The van der Waals surface area contributed by atoms with Crippen LogP contribution in [0.25, 0.3) is 11.0 Å². The third-order valence-corrected chi connectivity index (χ3v) is 2.58. The Kier molecular flexibility index (Phi) is 1.02. The Labute approximate surface area is 66.2 Å². The molecule has 1 N–H and O–H groups in total. The van der Waals surface area contributed by atoms with Crippen molar-refractivity contribution in [1.29, 1.82) is 0 Å². The molecule has 2 rings (SSSR count). The van der Waals surface area contributed by atoms with Crippen molar-refractivity contribution in [2.75, 3.05) is 6.26 Å². The predicted octanol–water partition coefficient (Wildman–Crippen LogP) is -1.63. The maximum atomic E-state index is 10.9. The van der Waals surface area contributed by atoms with Crippen molar-refractivity contribution in [3.05, 3.63) is 20.7 Å². The van der Waals surface area contributed by atoms with E-state index in [2.05, 4.69) is 4.98 Å². The standard InChI is InChI=1S/C5H4N2O4S/c1-12(10,11)7-3-2(4(3)8)6-5(7)9/h1H3,(H,6,9). The highest BCUT2D eigenvalue weighted by molar-refractivity contribution is 7.89. The van der Waals surface area contributed by atoms with Gasteiger partial charge in [-0.05, 0) is 0 Å². The van der Waals surface area contributed by atoms with Crippen LogP contribution in [0, 0.1) is 0 Å². The molecule has 6 nitrogen and oxygen atoms in total. The third-order valence-electron chi connectivity index (χ3n) is 1.57. The first-order valence-electron chi connectivity index (χ1n) is 3.03. The molecule has 1 heterocycles. The van der Waals surface area contributed by atoms with Gasteiger partial charge < -0.3 is 4.98 Å². The van der Waals surface area contributed by atoms with Gasteiger partial charge in [0, 0.05) is 0 Å². The Balaban J connectivity index is 3.00. The highest BCUT2D eigenvalue weighted by Crippen LogP contribution is 2.09. The first-order chi connectivity index (χ1) is 5.43. The lowest BCUT2D eigenvalue weighted by Gasteiger charge is -1.92. The smallest absolute Gasteiger partial charge is 0.301 e. The summed E-state index contributed by atoms with van der Waals surface area (Å²) in [5.41, 5.74) is -1.12. The normalized spacial score (nSPS) is 13.1. The molecular formula is C5H4N2O4S. The summed E-state index contributed by atoms with van der Waals surface area (Å²) in [4.78, 5) is 23.7. The maximum absolute atomic E-state index is 10.9. The molecule has 0 radical (unpaired) electrons. The fraction of sp³-hybridized carbons (Fsp3) is 0.200. The number of nitrogens with one attached hydrogen (secondary N) is 1. The molecule has 0 fully saturated rings. The Morgan fingerprint density at radius 2 is 1.92 bits per heavy atom. The van der Waals surface area contributed by atoms with Crippen LogP contribution in [-0.4, -0.2) is 23.6 Å². The zero-order valence-corrected chi connectivity index (χ0v) is 6.80. The van der Waals surface area contributed by atoms with Gasteiger partial charge in [0.05, 0.1) is 6.26 Å². The number of rotatable bonds is 1. The fourth-order valence-corrected chi connectivity index (χ4v) is 1.90. The van der Waals surface area contributed by atoms with E-state index in [0.717, 1.165) is 6.26 Å². The summed E-state index contributed by atoms with van der Waals surface area (Å²) in [5, 5.41) is 0. The highest BCUT2D eigenvalue weighted by Gasteiger charge is 2.26. The van der Waals surface area contributed by atoms with E-state index < -0.39 is 21.1 Å². The second kappa shape index (κ2) is 1.69. The molecule has 64 valence electrons. The van der Waals surface area contributed by atoms with Crippen LogP contribution >= 0.6 is 0 Å². The van der Waals surface area contributed by atoms with Crippen LogP contribution in [0.5, 0.6) is 0 Å². The van der Waals surface area contributed by atoms with Crippen LogP contribution in [0.2, 0.25) is 0 Å². The van der Waals surface area contributed by atoms with E-state index in [1.54, 1.807) is 0 Å². The molecule has 0 unspecified atom stereocenters. The zero-order chi connectivity index (χ0) is 9.09. The van der Waals surface area contributed by atoms with Gasteiger partial charge in [-0.1, -0.05) is 0 Å². The van der Waals surface area contributed by atoms with E-state index in [1.165, 1.54) is 0 Å². The van der Waals surface area contributed by atoms with E-state index in [-0.39, 0.29) is 11.0 Å². The number of hydrogen-bond acceptors (Lipinski definition) is 4. The maximum Gasteiger partial charge on any atom is 0.340 e. The number of aromatic amines is 1. The molecule has 0 saturated carbocycles. The number of H-pyrrole nitrogens is 1. The van der Waals surface area contributed by atoms with Gasteiger partial charge in [0.15, 0.2) is 0 Å². The van der Waals surface area contributed by atoms with E-state index in [1.807, 2.05) is 0 Å². The van der Waals surface area contributed by atoms with E-state index in [0.29, 0.717) is 3.97 Å². The van der Waals surface area contributed by atoms with Gasteiger partial charge in [-0.15, -0.1) is 0 Å². The molecule has 7 heteroatoms. The Hall–Kier alpha value is -1.37. The van der Waals surface area contributed by atoms with Crippen LogP contribution in [0.4, 0.5) is 0 Å². The molecule has 0 aliphatic carbocycles. The summed E-state index contributed by atoms with van der Waals surface area (Å²) in [7, 11) is -3.65. The van der Waals surface area contributed by atoms with Crippen LogP contribution < -0.4 is 11.1 Å². The summed E-state index contributed by atoms with van der Waals surface area (Å²) in [5.74, 6) is 0. The minimum Gasteiger partial charge on any atom is -0.301 e. The second-order valence-electron chi connectivity index (χ2n) is 2.51. The Bertz CT molecular complexity index is 619. The Morgan fingerprint density at radius 1 is 1.33 bits per heavy atom. The summed E-state index contributed by atoms with van der Waals surface area (Å²) < 4.78 is 22.3. The predicted molar refractivity (Wildman–Crippen MR) is 41.4 cm³/mol. The van der Waals surface area contributed by atoms with Gasteiger partial charge in [0.1, 0.15) is 11.0 Å². The van der Waals surface area contributed by atoms with Gasteiger partial charge in [0.25, 0.3) is 0 Å². The van der Waals surface area contributed by atoms with Gasteiger partial charge in [0.2, 0.25) is 15.5 Å². The van der Waals surface area contributed by atoms with E-state index >= 15 is 0 Å². The highest BCUT2D eigenvalue weighted by atomic mass is 32.2. The molecule has 0 bridgehead atoms. The molecule has 1 aromatic heterocycles. The molecule has 2 aromatic rings. The average molecular weight is 188 g/mol. The van der Waals surface area contributed by atoms with Crippen molar-refractivity contribution in [2.45, 2.75) is 0 Å². The molecule has 0 aliphatic heterocycles. The van der Waals surface area contributed by atoms with Gasteiger partial charge in [-0.2, -0.15) is 3.97 Å². The monoisotopic (exact) mass is 188 g/mol. The van der Waals surface area contributed by atoms with Crippen molar-refractivity contribution in [3.8, 4) is 0 Å². The molecule has 0 aliphatic rings. The summed E-state index contributed by atoms with van der Waals surface area (Å²) in [6, 6.07) is 0. The largest absolute Gasteiger partial charge is 0.340 e. The van der Waals surface area contributed by atoms with Crippen molar-refractivity contribution in [3.63, 3.8) is 0 Å². The molecule has 0 saturated heterocycles. The third kappa shape index (κ3) is 0.708. The molecule has 0 atom stereocenters. The molecule has 12 heavy (non-hydrogen) atoms. The van der Waals surface area contributed by atoms with Gasteiger partial charge in [-0.25, -0.2) is 13.2 Å². The summed E-state index contributed by atoms with van der Waals surface area (Å²) in [6.45, 7) is 0. The van der Waals surface area contributed by atoms with Gasteiger partial charge >= 0.3 is 5.69 Å². The molecule has 0 amide bonds. The number of nitrogens with zero attached hydrogens (tertiary/aromatic N) is 1. The summed E-state index contributed by atoms with van der Waals surface area (Å²) >= 11 is 0. The first kappa shape index (κ1) is 7.29. The van der Waals surface area contributed by atoms with Crippen LogP contribution in [0.1, 0.15) is 0 Å². The zero-order valence-electron chi connectivity index (χ0n) is 5.99. The van der Waals surface area contributed by atoms with Crippen LogP contribution in [-0.2, 0) is 10.0 Å². The van der Waals surface area contributed by atoms with Crippen molar-refractivity contribution in [1.82, 2.24) is 8.96 Å². The lowest BCUT2D eigenvalue weighted by atomic mass is 11.0. The number of fused-ring (bicyclic) bond motifs is 1.